The summed E-state index contributed by atoms with van der Waals surface area (Å²) >= 11 is 8.86. The van der Waals surface area contributed by atoms with Crippen LogP contribution in [0, 0.1) is 10.1 Å². The molecule has 0 radical (unpaired) electrons. The Morgan fingerprint density at radius 3 is 2.39 bits per heavy atom. The number of amides is 1. The number of hydrogen-bond acceptors (Lipinski definition) is 7. The van der Waals surface area contributed by atoms with Gasteiger partial charge in [-0.25, -0.2) is 0 Å². The summed E-state index contributed by atoms with van der Waals surface area (Å²) in [4.78, 5) is 29.9. The highest BCUT2D eigenvalue weighted by molar-refractivity contribution is 9.10. The van der Waals surface area contributed by atoms with Gasteiger partial charge < -0.3 is 19.4 Å². The second kappa shape index (κ2) is 10.4. The second-order valence-electron chi connectivity index (χ2n) is 7.74. The van der Waals surface area contributed by atoms with Crippen molar-refractivity contribution < 1.29 is 14.5 Å². The van der Waals surface area contributed by atoms with Crippen molar-refractivity contribution in [2.24, 2.45) is 0 Å². The van der Waals surface area contributed by atoms with Crippen LogP contribution in [-0.4, -0.2) is 73.3 Å². The zero-order chi connectivity index (χ0) is 23.4. The fraction of sp³-hybridized carbons (Fsp3) is 0.364. The highest BCUT2D eigenvalue weighted by Gasteiger charge is 2.25. The number of rotatable bonds is 4. The van der Waals surface area contributed by atoms with Gasteiger partial charge in [0.2, 0.25) is 0 Å². The number of benzene rings is 2. The molecule has 2 saturated heterocycles. The van der Waals surface area contributed by atoms with Crippen LogP contribution in [0.1, 0.15) is 10.4 Å². The van der Waals surface area contributed by atoms with E-state index in [2.05, 4.69) is 26.1 Å². The Morgan fingerprint density at radius 1 is 1.03 bits per heavy atom. The van der Waals surface area contributed by atoms with Gasteiger partial charge in [0.1, 0.15) is 5.69 Å². The van der Waals surface area contributed by atoms with E-state index in [0.29, 0.717) is 73.3 Å². The molecule has 2 aromatic rings. The maximum absolute atomic E-state index is 12.5. The summed E-state index contributed by atoms with van der Waals surface area (Å²) in [6.45, 7) is 5.02. The topological polar surface area (TPSA) is 91.2 Å². The summed E-state index contributed by atoms with van der Waals surface area (Å²) in [5, 5.41) is 14.8. The van der Waals surface area contributed by atoms with Gasteiger partial charge in [-0.15, -0.1) is 0 Å². The van der Waals surface area contributed by atoms with Crippen LogP contribution in [0.15, 0.2) is 46.9 Å². The Hall–Kier alpha value is -2.76. The third kappa shape index (κ3) is 5.43. The van der Waals surface area contributed by atoms with Crippen molar-refractivity contribution in [3.63, 3.8) is 0 Å². The van der Waals surface area contributed by atoms with Crippen molar-refractivity contribution in [1.82, 2.24) is 10.2 Å². The highest BCUT2D eigenvalue weighted by Crippen LogP contribution is 2.33. The molecule has 0 saturated carbocycles. The maximum atomic E-state index is 12.5. The van der Waals surface area contributed by atoms with Crippen molar-refractivity contribution in [3.05, 3.63) is 62.6 Å². The van der Waals surface area contributed by atoms with Crippen LogP contribution in [0.3, 0.4) is 0 Å². The molecule has 174 valence electrons. The van der Waals surface area contributed by atoms with Crippen LogP contribution in [0.4, 0.5) is 17.1 Å². The number of nitro groups is 1. The van der Waals surface area contributed by atoms with Crippen LogP contribution in [0.2, 0.25) is 0 Å². The van der Waals surface area contributed by atoms with E-state index in [0.717, 1.165) is 5.69 Å². The summed E-state index contributed by atoms with van der Waals surface area (Å²) in [5.41, 5.74) is 2.19. The minimum absolute atomic E-state index is 0.107. The first-order valence-electron chi connectivity index (χ1n) is 10.6. The lowest BCUT2D eigenvalue weighted by Gasteiger charge is -2.37. The molecule has 2 aromatic carbocycles. The highest BCUT2D eigenvalue weighted by atomic mass is 79.9. The van der Waals surface area contributed by atoms with Gasteiger partial charge in [0.15, 0.2) is 5.11 Å². The lowest BCUT2D eigenvalue weighted by Crippen LogP contribution is -2.52. The van der Waals surface area contributed by atoms with Gasteiger partial charge in [-0.3, -0.25) is 20.2 Å². The molecule has 2 aliphatic heterocycles. The number of piperazine rings is 1. The molecule has 0 aromatic heterocycles. The lowest BCUT2D eigenvalue weighted by atomic mass is 10.1. The quantitative estimate of drug-likeness (QED) is 0.364. The SMILES string of the molecule is O=C(NC(=S)N1CCN(c2ccc([N+](=O)[O-])c(N3CCOCC3)c2)CC1)c1ccccc1Br. The molecule has 0 spiro atoms. The summed E-state index contributed by atoms with van der Waals surface area (Å²) < 4.78 is 6.10. The number of nitrogens with one attached hydrogen (secondary N) is 1. The summed E-state index contributed by atoms with van der Waals surface area (Å²) in [5.74, 6) is -0.250. The first-order valence-corrected chi connectivity index (χ1v) is 11.8. The molecule has 1 N–H and O–H groups in total. The monoisotopic (exact) mass is 533 g/mol. The Kier molecular flexibility index (Phi) is 7.41. The van der Waals surface area contributed by atoms with Crippen molar-refractivity contribution in [2.45, 2.75) is 0 Å². The molecule has 0 atom stereocenters. The predicted octanol–water partition coefficient (Wildman–Crippen LogP) is 3.03. The molecule has 0 aliphatic carbocycles. The Balaban J connectivity index is 1.40. The minimum Gasteiger partial charge on any atom is -0.378 e. The minimum atomic E-state index is -0.335. The van der Waals surface area contributed by atoms with Crippen molar-refractivity contribution >= 4 is 56.2 Å². The summed E-state index contributed by atoms with van der Waals surface area (Å²) in [6.07, 6.45) is 0. The number of hydrogen-bond donors (Lipinski definition) is 1. The first-order chi connectivity index (χ1) is 15.9. The molecule has 2 aliphatic rings. The maximum Gasteiger partial charge on any atom is 0.292 e. The molecule has 2 fully saturated rings. The number of nitro benzene ring substituents is 1. The van der Waals surface area contributed by atoms with E-state index in [1.807, 2.05) is 28.0 Å². The fourth-order valence-corrected chi connectivity index (χ4v) is 4.72. The van der Waals surface area contributed by atoms with E-state index >= 15 is 0 Å². The Labute approximate surface area is 205 Å². The normalized spacial score (nSPS) is 16.5. The molecule has 0 unspecified atom stereocenters. The van der Waals surface area contributed by atoms with Crippen LogP contribution < -0.4 is 15.1 Å². The molecule has 0 bridgehead atoms. The molecule has 2 heterocycles. The van der Waals surface area contributed by atoms with Gasteiger partial charge >= 0.3 is 0 Å². The molecule has 4 rings (SSSR count). The van der Waals surface area contributed by atoms with Crippen LogP contribution in [0.25, 0.3) is 0 Å². The molecule has 11 heteroatoms. The molecular formula is C22H24BrN5O4S. The van der Waals surface area contributed by atoms with E-state index in [1.165, 1.54) is 0 Å². The second-order valence-corrected chi connectivity index (χ2v) is 8.98. The number of thiocarbonyl (C=S) groups is 1. The van der Waals surface area contributed by atoms with Crippen LogP contribution >= 0.6 is 28.1 Å². The number of carbonyl (C=O) groups is 1. The average Bonchev–Trinajstić information content (AvgIpc) is 2.84. The van der Waals surface area contributed by atoms with Crippen molar-refractivity contribution in [3.8, 4) is 0 Å². The van der Waals surface area contributed by atoms with E-state index in [4.69, 9.17) is 17.0 Å². The average molecular weight is 534 g/mol. The largest absolute Gasteiger partial charge is 0.378 e. The number of morpholine rings is 1. The van der Waals surface area contributed by atoms with Crippen LogP contribution in [-0.2, 0) is 4.74 Å². The van der Waals surface area contributed by atoms with Gasteiger partial charge in [0.05, 0.1) is 23.7 Å². The van der Waals surface area contributed by atoms with Crippen molar-refractivity contribution in [2.75, 3.05) is 62.3 Å². The summed E-state index contributed by atoms with van der Waals surface area (Å²) in [7, 11) is 0. The summed E-state index contributed by atoms with van der Waals surface area (Å²) in [6, 6.07) is 12.5. The van der Waals surface area contributed by atoms with Crippen LogP contribution in [0.5, 0.6) is 0 Å². The molecular weight excluding hydrogens is 510 g/mol. The number of halogens is 1. The third-order valence-corrected chi connectivity index (χ3v) is 6.83. The third-order valence-electron chi connectivity index (χ3n) is 5.78. The standard InChI is InChI=1S/C22H24BrN5O4S/c23-18-4-2-1-3-17(18)21(29)24-22(33)27-9-7-25(8-10-27)16-5-6-19(28(30)31)20(15-16)26-11-13-32-14-12-26/h1-6,15H,7-14H2,(H,24,29,33). The number of anilines is 2. The number of ether oxygens (including phenoxy) is 1. The Bertz CT molecular complexity index is 1050. The molecule has 33 heavy (non-hydrogen) atoms. The van der Waals surface area contributed by atoms with E-state index in [1.54, 1.807) is 24.3 Å². The zero-order valence-electron chi connectivity index (χ0n) is 17.9. The van der Waals surface area contributed by atoms with E-state index < -0.39 is 0 Å². The van der Waals surface area contributed by atoms with Gasteiger partial charge in [0, 0.05) is 55.5 Å². The van der Waals surface area contributed by atoms with Gasteiger partial charge in [-0.1, -0.05) is 12.1 Å². The Morgan fingerprint density at radius 2 is 1.73 bits per heavy atom. The molecule has 9 nitrogen and oxygen atoms in total. The first kappa shape index (κ1) is 23.4. The smallest absolute Gasteiger partial charge is 0.292 e. The van der Waals surface area contributed by atoms with E-state index in [9.17, 15) is 14.9 Å². The zero-order valence-corrected chi connectivity index (χ0v) is 20.3. The van der Waals surface area contributed by atoms with Gasteiger partial charge in [-0.05, 0) is 52.4 Å². The number of carbonyl (C=O) groups excluding carboxylic acids is 1. The lowest BCUT2D eigenvalue weighted by molar-refractivity contribution is -0.384. The van der Waals surface area contributed by atoms with Crippen molar-refractivity contribution in [1.29, 1.82) is 0 Å². The molecule has 1 amide bonds. The number of nitrogens with zero attached hydrogens (tertiary/aromatic N) is 4. The fourth-order valence-electron chi connectivity index (χ4n) is 3.98. The predicted molar refractivity (Wildman–Crippen MR) is 134 cm³/mol. The van der Waals surface area contributed by atoms with Gasteiger partial charge in [0.25, 0.3) is 11.6 Å². The van der Waals surface area contributed by atoms with E-state index in [-0.39, 0.29) is 16.5 Å². The van der Waals surface area contributed by atoms with Gasteiger partial charge in [-0.2, -0.15) is 0 Å².